The Morgan fingerprint density at radius 3 is 2.95 bits per heavy atom. The van der Waals surface area contributed by atoms with Gasteiger partial charge in [-0.1, -0.05) is 11.2 Å². The maximum absolute atomic E-state index is 13.2. The van der Waals surface area contributed by atoms with E-state index in [1.54, 1.807) is 17.4 Å². The van der Waals surface area contributed by atoms with Gasteiger partial charge < -0.3 is 16.3 Å². The molecule has 20 heavy (non-hydrogen) atoms. The number of aryl methyl sites for hydroxylation is 1. The van der Waals surface area contributed by atoms with Crippen molar-refractivity contribution in [3.63, 3.8) is 0 Å². The molecule has 1 heterocycles. The molecule has 5 nitrogen and oxygen atoms in total. The topological polar surface area (TPSA) is 83.5 Å². The van der Waals surface area contributed by atoms with Crippen LogP contribution in [0.1, 0.15) is 21.8 Å². The number of oxime groups is 1. The van der Waals surface area contributed by atoms with Crippen molar-refractivity contribution < 1.29 is 9.60 Å². The van der Waals surface area contributed by atoms with Gasteiger partial charge in [0.15, 0.2) is 5.84 Å². The second-order valence-corrected chi connectivity index (χ2v) is 5.31. The number of benzene rings is 1. The minimum Gasteiger partial charge on any atom is -0.409 e. The Kier molecular flexibility index (Phi) is 4.65. The van der Waals surface area contributed by atoms with Gasteiger partial charge in [0.05, 0.1) is 10.7 Å². The second-order valence-electron chi connectivity index (χ2n) is 4.25. The van der Waals surface area contributed by atoms with Crippen molar-refractivity contribution in [1.29, 1.82) is 0 Å². The highest BCUT2D eigenvalue weighted by atomic mass is 32.1. The number of halogens is 1. The van der Waals surface area contributed by atoms with Gasteiger partial charge in [0, 0.05) is 24.0 Å². The van der Waals surface area contributed by atoms with Crippen molar-refractivity contribution in [2.45, 2.75) is 20.0 Å². The highest BCUT2D eigenvalue weighted by molar-refractivity contribution is 7.09. The molecule has 2 rings (SSSR count). The van der Waals surface area contributed by atoms with Crippen LogP contribution < -0.4 is 11.1 Å². The first-order chi connectivity index (χ1) is 9.60. The van der Waals surface area contributed by atoms with Crippen LogP contribution in [0.2, 0.25) is 0 Å². The van der Waals surface area contributed by atoms with Gasteiger partial charge >= 0.3 is 0 Å². The van der Waals surface area contributed by atoms with Gasteiger partial charge in [0.2, 0.25) is 0 Å². The van der Waals surface area contributed by atoms with Gasteiger partial charge in [0.1, 0.15) is 5.82 Å². The number of nitrogens with two attached hydrogens (primary N) is 1. The average Bonchev–Trinajstić information content (AvgIpc) is 2.85. The number of hydrogen-bond donors (Lipinski definition) is 3. The third-order valence-corrected chi connectivity index (χ3v) is 3.57. The zero-order valence-electron chi connectivity index (χ0n) is 10.9. The van der Waals surface area contributed by atoms with Crippen LogP contribution in [0.25, 0.3) is 0 Å². The monoisotopic (exact) mass is 294 g/mol. The lowest BCUT2D eigenvalue weighted by Crippen LogP contribution is -2.20. The summed E-state index contributed by atoms with van der Waals surface area (Å²) in [5, 5.41) is 17.8. The SMILES string of the molecule is Cc1nc(CNCc2ccc(F)cc2C(N)=NO)cs1. The summed E-state index contributed by atoms with van der Waals surface area (Å²) in [5.41, 5.74) is 7.65. The Balaban J connectivity index is 2.05. The predicted octanol–water partition coefficient (Wildman–Crippen LogP) is 1.97. The lowest BCUT2D eigenvalue weighted by Gasteiger charge is -2.09. The molecule has 0 radical (unpaired) electrons. The van der Waals surface area contributed by atoms with Gasteiger partial charge in [-0.25, -0.2) is 9.37 Å². The standard InChI is InChI=1S/C13H15FN4OS/c1-8-17-11(7-20-8)6-16-5-9-2-3-10(14)4-12(9)13(15)18-19/h2-4,7,16,19H,5-6H2,1H3,(H2,15,18). The molecule has 2 aromatic rings. The fourth-order valence-electron chi connectivity index (χ4n) is 1.81. The number of hydrogen-bond acceptors (Lipinski definition) is 5. The van der Waals surface area contributed by atoms with Crippen LogP contribution in [-0.4, -0.2) is 16.0 Å². The van der Waals surface area contributed by atoms with E-state index in [9.17, 15) is 4.39 Å². The van der Waals surface area contributed by atoms with E-state index in [0.29, 0.717) is 18.7 Å². The highest BCUT2D eigenvalue weighted by Gasteiger charge is 2.08. The van der Waals surface area contributed by atoms with Gasteiger partial charge in [-0.05, 0) is 24.6 Å². The van der Waals surface area contributed by atoms with Crippen LogP contribution in [0.3, 0.4) is 0 Å². The van der Waals surface area contributed by atoms with Crippen molar-refractivity contribution in [2.24, 2.45) is 10.9 Å². The quantitative estimate of drug-likeness (QED) is 0.341. The molecule has 0 saturated carbocycles. The summed E-state index contributed by atoms with van der Waals surface area (Å²) >= 11 is 1.59. The minimum absolute atomic E-state index is 0.106. The Bertz CT molecular complexity index is 627. The van der Waals surface area contributed by atoms with Crippen LogP contribution in [0.15, 0.2) is 28.7 Å². The third-order valence-electron chi connectivity index (χ3n) is 2.74. The van der Waals surface area contributed by atoms with Gasteiger partial charge in [-0.3, -0.25) is 0 Å². The summed E-state index contributed by atoms with van der Waals surface area (Å²) in [6, 6.07) is 4.21. The molecule has 0 atom stereocenters. The Morgan fingerprint density at radius 2 is 2.30 bits per heavy atom. The van der Waals surface area contributed by atoms with E-state index in [-0.39, 0.29) is 5.84 Å². The molecule has 0 bridgehead atoms. The Morgan fingerprint density at radius 1 is 1.50 bits per heavy atom. The number of nitrogens with zero attached hydrogens (tertiary/aromatic N) is 2. The van der Waals surface area contributed by atoms with Gasteiger partial charge in [0.25, 0.3) is 0 Å². The van der Waals surface area contributed by atoms with Crippen molar-refractivity contribution >= 4 is 17.2 Å². The lowest BCUT2D eigenvalue weighted by atomic mass is 10.1. The van der Waals surface area contributed by atoms with E-state index in [0.717, 1.165) is 16.3 Å². The summed E-state index contributed by atoms with van der Waals surface area (Å²) in [6.45, 7) is 3.03. The van der Waals surface area contributed by atoms with Crippen LogP contribution in [-0.2, 0) is 13.1 Å². The lowest BCUT2D eigenvalue weighted by molar-refractivity contribution is 0.318. The smallest absolute Gasteiger partial charge is 0.170 e. The molecule has 0 saturated heterocycles. The zero-order chi connectivity index (χ0) is 14.5. The molecule has 0 unspecified atom stereocenters. The van der Waals surface area contributed by atoms with Gasteiger partial charge in [-0.15, -0.1) is 11.3 Å². The van der Waals surface area contributed by atoms with Crippen LogP contribution in [0.4, 0.5) is 4.39 Å². The molecule has 1 aromatic carbocycles. The number of rotatable bonds is 5. The molecule has 106 valence electrons. The normalized spacial score (nSPS) is 11.8. The molecular formula is C13H15FN4OS. The van der Waals surface area contributed by atoms with Crippen molar-refractivity contribution in [3.8, 4) is 0 Å². The maximum Gasteiger partial charge on any atom is 0.170 e. The van der Waals surface area contributed by atoms with Crippen molar-refractivity contribution in [1.82, 2.24) is 10.3 Å². The molecule has 4 N–H and O–H groups in total. The molecule has 7 heteroatoms. The molecular weight excluding hydrogens is 279 g/mol. The number of thiazole rings is 1. The molecule has 1 aromatic heterocycles. The van der Waals surface area contributed by atoms with E-state index < -0.39 is 5.82 Å². The van der Waals surface area contributed by atoms with Gasteiger partial charge in [-0.2, -0.15) is 0 Å². The van der Waals surface area contributed by atoms with E-state index in [4.69, 9.17) is 10.9 Å². The van der Waals surface area contributed by atoms with Crippen LogP contribution in [0, 0.1) is 12.7 Å². The van der Waals surface area contributed by atoms with E-state index in [2.05, 4.69) is 15.5 Å². The zero-order valence-corrected chi connectivity index (χ0v) is 11.7. The molecule has 0 aliphatic heterocycles. The number of amidine groups is 1. The predicted molar refractivity (Wildman–Crippen MR) is 76.3 cm³/mol. The first kappa shape index (κ1) is 14.4. The summed E-state index contributed by atoms with van der Waals surface area (Å²) < 4.78 is 13.2. The van der Waals surface area contributed by atoms with Crippen LogP contribution >= 0.6 is 11.3 Å². The average molecular weight is 294 g/mol. The molecule has 0 aliphatic carbocycles. The minimum atomic E-state index is -0.425. The molecule has 0 amide bonds. The highest BCUT2D eigenvalue weighted by Crippen LogP contribution is 2.12. The first-order valence-corrected chi connectivity index (χ1v) is 6.86. The van der Waals surface area contributed by atoms with E-state index in [1.165, 1.54) is 12.1 Å². The molecule has 0 aliphatic rings. The van der Waals surface area contributed by atoms with Crippen molar-refractivity contribution in [3.05, 3.63) is 51.2 Å². The fraction of sp³-hybridized carbons (Fsp3) is 0.231. The Labute approximate surface area is 120 Å². The Hall–Kier alpha value is -1.99. The van der Waals surface area contributed by atoms with Crippen LogP contribution in [0.5, 0.6) is 0 Å². The summed E-state index contributed by atoms with van der Waals surface area (Å²) in [5.74, 6) is -0.531. The largest absolute Gasteiger partial charge is 0.409 e. The van der Waals surface area contributed by atoms with E-state index in [1.807, 2.05) is 12.3 Å². The maximum atomic E-state index is 13.2. The molecule has 0 fully saturated rings. The second kappa shape index (κ2) is 6.44. The molecule has 0 spiro atoms. The van der Waals surface area contributed by atoms with Crippen molar-refractivity contribution in [2.75, 3.05) is 0 Å². The first-order valence-electron chi connectivity index (χ1n) is 5.98. The summed E-state index contributed by atoms with van der Waals surface area (Å²) in [6.07, 6.45) is 0. The third kappa shape index (κ3) is 3.52. The number of nitrogens with one attached hydrogen (secondary N) is 1. The van der Waals surface area contributed by atoms with E-state index >= 15 is 0 Å². The fourth-order valence-corrected chi connectivity index (χ4v) is 2.42. The summed E-state index contributed by atoms with van der Waals surface area (Å²) in [4.78, 5) is 4.34. The summed E-state index contributed by atoms with van der Waals surface area (Å²) in [7, 11) is 0. The number of aromatic nitrogens is 1.